The third-order valence-corrected chi connectivity index (χ3v) is 2.51. The van der Waals surface area contributed by atoms with Crippen LogP contribution in [0, 0.1) is 0 Å². The Kier molecular flexibility index (Phi) is 2.53. The molecule has 3 aromatic rings. The van der Waals surface area contributed by atoms with E-state index < -0.39 is 0 Å². The smallest absolute Gasteiger partial charge is 0.238 e. The molecule has 0 aliphatic rings. The maximum absolute atomic E-state index is 9.65. The Labute approximate surface area is 102 Å². The molecule has 0 saturated carbocycles. The first kappa shape index (κ1) is 10.5. The zero-order chi connectivity index (χ0) is 12.4. The van der Waals surface area contributed by atoms with Crippen LogP contribution in [0.5, 0.6) is 5.75 Å². The summed E-state index contributed by atoms with van der Waals surface area (Å²) in [7, 11) is 0. The molecule has 18 heavy (non-hydrogen) atoms. The molecule has 0 fully saturated rings. The summed E-state index contributed by atoms with van der Waals surface area (Å²) in [5, 5.41) is 13.5. The van der Waals surface area contributed by atoms with Crippen molar-refractivity contribution < 1.29 is 9.63 Å². The highest BCUT2D eigenvalue weighted by Crippen LogP contribution is 2.19. The number of nitrogens with zero attached hydrogens (tertiary/aromatic N) is 3. The van der Waals surface area contributed by atoms with Gasteiger partial charge in [-0.25, -0.2) is 4.98 Å². The van der Waals surface area contributed by atoms with E-state index in [-0.39, 0.29) is 5.75 Å². The topological polar surface area (TPSA) is 87.8 Å². The van der Waals surface area contributed by atoms with E-state index in [1.54, 1.807) is 24.5 Å². The lowest BCUT2D eigenvalue weighted by molar-refractivity contribution is 0.383. The zero-order valence-corrected chi connectivity index (χ0v) is 9.37. The van der Waals surface area contributed by atoms with Crippen molar-refractivity contribution in [3.05, 3.63) is 48.1 Å². The first-order valence-electron chi connectivity index (χ1n) is 5.42. The van der Waals surface area contributed by atoms with Crippen molar-refractivity contribution in [3.63, 3.8) is 0 Å². The number of nitrogens with one attached hydrogen (secondary N) is 1. The summed E-state index contributed by atoms with van der Waals surface area (Å²) in [5.74, 6) is 1.62. The Morgan fingerprint density at radius 2 is 2.17 bits per heavy atom. The first-order chi connectivity index (χ1) is 8.83. The average Bonchev–Trinajstić information content (AvgIpc) is 3.02. The van der Waals surface area contributed by atoms with Crippen LogP contribution >= 0.6 is 0 Å². The van der Waals surface area contributed by atoms with Gasteiger partial charge in [0.1, 0.15) is 5.75 Å². The van der Waals surface area contributed by atoms with Gasteiger partial charge < -0.3 is 14.6 Å². The summed E-state index contributed by atoms with van der Waals surface area (Å²) < 4.78 is 5.12. The predicted molar refractivity (Wildman–Crippen MR) is 62.8 cm³/mol. The fraction of sp³-hybridized carbons (Fsp3) is 0.0833. The zero-order valence-electron chi connectivity index (χ0n) is 9.37. The van der Waals surface area contributed by atoms with Gasteiger partial charge in [-0.3, -0.25) is 0 Å². The molecule has 0 aliphatic heterocycles. The Balaban J connectivity index is 1.85. The molecule has 0 amide bonds. The van der Waals surface area contributed by atoms with Gasteiger partial charge in [0.25, 0.3) is 0 Å². The molecular weight excluding hydrogens is 232 g/mol. The van der Waals surface area contributed by atoms with Gasteiger partial charge in [0, 0.05) is 18.0 Å². The normalized spacial score (nSPS) is 10.7. The van der Waals surface area contributed by atoms with E-state index in [4.69, 9.17) is 4.52 Å². The lowest BCUT2D eigenvalue weighted by atomic mass is 10.1. The fourth-order valence-electron chi connectivity index (χ4n) is 1.63. The number of H-pyrrole nitrogens is 1. The van der Waals surface area contributed by atoms with Crippen LogP contribution < -0.4 is 0 Å². The van der Waals surface area contributed by atoms with E-state index in [0.29, 0.717) is 24.0 Å². The number of para-hydroxylation sites is 1. The molecule has 0 radical (unpaired) electrons. The minimum absolute atomic E-state index is 0.218. The van der Waals surface area contributed by atoms with E-state index in [1.807, 2.05) is 12.1 Å². The molecule has 2 heterocycles. The fourth-order valence-corrected chi connectivity index (χ4v) is 1.63. The SMILES string of the molecule is Oc1ccccc1Cc1nc(-c2ncc[nH]2)no1. The van der Waals surface area contributed by atoms with Gasteiger partial charge in [-0.2, -0.15) is 4.98 Å². The molecule has 3 rings (SSSR count). The molecule has 0 atom stereocenters. The minimum atomic E-state index is 0.218. The summed E-state index contributed by atoms with van der Waals surface area (Å²) in [4.78, 5) is 11.1. The second kappa shape index (κ2) is 4.33. The van der Waals surface area contributed by atoms with Crippen LogP contribution in [0.25, 0.3) is 11.6 Å². The maximum atomic E-state index is 9.65. The quantitative estimate of drug-likeness (QED) is 0.730. The third-order valence-electron chi connectivity index (χ3n) is 2.51. The van der Waals surface area contributed by atoms with Crippen LogP contribution in [0.4, 0.5) is 0 Å². The van der Waals surface area contributed by atoms with Gasteiger partial charge >= 0.3 is 0 Å². The largest absolute Gasteiger partial charge is 0.508 e. The monoisotopic (exact) mass is 242 g/mol. The molecule has 0 saturated heterocycles. The van der Waals surface area contributed by atoms with Gasteiger partial charge in [-0.15, -0.1) is 0 Å². The standard InChI is InChI=1S/C12H10N4O2/c17-9-4-2-1-3-8(9)7-10-15-12(16-18-10)11-13-5-6-14-11/h1-6,17H,7H2,(H,13,14). The molecule has 2 N–H and O–H groups in total. The molecule has 1 aromatic carbocycles. The molecule has 2 aromatic heterocycles. The Morgan fingerprint density at radius 1 is 1.28 bits per heavy atom. The number of phenolic OH excluding ortho intramolecular Hbond substituents is 1. The van der Waals surface area contributed by atoms with Crippen LogP contribution in [-0.2, 0) is 6.42 Å². The van der Waals surface area contributed by atoms with E-state index in [9.17, 15) is 5.11 Å². The molecule has 90 valence electrons. The second-order valence-corrected chi connectivity index (χ2v) is 3.75. The van der Waals surface area contributed by atoms with Crippen molar-refractivity contribution >= 4 is 0 Å². The summed E-state index contributed by atoms with van der Waals surface area (Å²) >= 11 is 0. The number of hydrogen-bond donors (Lipinski definition) is 2. The summed E-state index contributed by atoms with van der Waals surface area (Å²) in [6.07, 6.45) is 3.70. The number of rotatable bonds is 3. The summed E-state index contributed by atoms with van der Waals surface area (Å²) in [5.41, 5.74) is 0.743. The minimum Gasteiger partial charge on any atom is -0.508 e. The van der Waals surface area contributed by atoms with Crippen LogP contribution in [0.3, 0.4) is 0 Å². The van der Waals surface area contributed by atoms with Gasteiger partial charge in [0.15, 0.2) is 5.82 Å². The number of benzene rings is 1. The van der Waals surface area contributed by atoms with Crippen LogP contribution in [0.1, 0.15) is 11.5 Å². The van der Waals surface area contributed by atoms with E-state index in [2.05, 4.69) is 20.1 Å². The van der Waals surface area contributed by atoms with Gasteiger partial charge in [0.05, 0.1) is 6.42 Å². The number of hydrogen-bond acceptors (Lipinski definition) is 5. The highest BCUT2D eigenvalue weighted by atomic mass is 16.5. The number of phenols is 1. The highest BCUT2D eigenvalue weighted by molar-refractivity contribution is 5.41. The second-order valence-electron chi connectivity index (χ2n) is 3.75. The molecule has 0 unspecified atom stereocenters. The molecule has 0 spiro atoms. The summed E-state index contributed by atoms with van der Waals surface area (Å²) in [6, 6.07) is 7.05. The third kappa shape index (κ3) is 1.95. The summed E-state index contributed by atoms with van der Waals surface area (Å²) in [6.45, 7) is 0. The van der Waals surface area contributed by atoms with Crippen molar-refractivity contribution in [1.82, 2.24) is 20.1 Å². The van der Waals surface area contributed by atoms with Gasteiger partial charge in [-0.05, 0) is 6.07 Å². The first-order valence-corrected chi connectivity index (χ1v) is 5.42. The molecule has 0 aliphatic carbocycles. The molecular formula is C12H10N4O2. The highest BCUT2D eigenvalue weighted by Gasteiger charge is 2.12. The Morgan fingerprint density at radius 3 is 2.94 bits per heavy atom. The van der Waals surface area contributed by atoms with Crippen LogP contribution in [0.15, 0.2) is 41.2 Å². The van der Waals surface area contributed by atoms with Crippen molar-refractivity contribution in [2.45, 2.75) is 6.42 Å². The number of aromatic hydroxyl groups is 1. The number of aromatic nitrogens is 4. The van der Waals surface area contributed by atoms with E-state index in [1.165, 1.54) is 0 Å². The molecule has 0 bridgehead atoms. The lowest BCUT2D eigenvalue weighted by Gasteiger charge is -1.99. The van der Waals surface area contributed by atoms with Crippen molar-refractivity contribution in [2.24, 2.45) is 0 Å². The van der Waals surface area contributed by atoms with Crippen molar-refractivity contribution in [3.8, 4) is 17.4 Å². The maximum Gasteiger partial charge on any atom is 0.238 e. The Bertz CT molecular complexity index is 646. The molecule has 6 heteroatoms. The van der Waals surface area contributed by atoms with Gasteiger partial charge in [-0.1, -0.05) is 23.4 Å². The van der Waals surface area contributed by atoms with Crippen molar-refractivity contribution in [2.75, 3.05) is 0 Å². The number of imidazole rings is 1. The van der Waals surface area contributed by atoms with E-state index >= 15 is 0 Å². The van der Waals surface area contributed by atoms with Gasteiger partial charge in [0.2, 0.25) is 11.7 Å². The lowest BCUT2D eigenvalue weighted by Crippen LogP contribution is -1.89. The van der Waals surface area contributed by atoms with Crippen LogP contribution in [-0.4, -0.2) is 25.2 Å². The average molecular weight is 242 g/mol. The van der Waals surface area contributed by atoms with E-state index in [0.717, 1.165) is 5.56 Å². The van der Waals surface area contributed by atoms with Crippen LogP contribution in [0.2, 0.25) is 0 Å². The van der Waals surface area contributed by atoms with Crippen molar-refractivity contribution in [1.29, 1.82) is 0 Å². The number of aromatic amines is 1. The molecule has 6 nitrogen and oxygen atoms in total. The predicted octanol–water partition coefficient (Wildman–Crippen LogP) is 1.76. The Hall–Kier alpha value is -2.63.